The Morgan fingerprint density at radius 1 is 1.04 bits per heavy atom. The minimum atomic E-state index is -0.580. The summed E-state index contributed by atoms with van der Waals surface area (Å²) in [7, 11) is 2.73. The van der Waals surface area contributed by atoms with Crippen molar-refractivity contribution in [2.75, 3.05) is 19.6 Å². The SMILES string of the molecule is COc1cc(OC)c([N+](=O)[O-])cc1C=NNc1cccc([N+](=O)[O-])c1. The third kappa shape index (κ3) is 4.19. The van der Waals surface area contributed by atoms with Gasteiger partial charge in [0.1, 0.15) is 5.75 Å². The lowest BCUT2D eigenvalue weighted by atomic mass is 10.1. The molecule has 0 fully saturated rings. The highest BCUT2D eigenvalue weighted by Gasteiger charge is 2.18. The number of ether oxygens (including phenoxy) is 2. The molecular formula is C15H14N4O6. The summed E-state index contributed by atoms with van der Waals surface area (Å²) in [6.45, 7) is 0. The molecule has 2 rings (SSSR count). The molecule has 0 unspecified atom stereocenters. The summed E-state index contributed by atoms with van der Waals surface area (Å²) in [4.78, 5) is 20.7. The standard InChI is InChI=1S/C15H14N4O6/c1-24-14-8-15(25-2)13(19(22)23)6-10(14)9-16-17-11-4-3-5-12(7-11)18(20)21/h3-9,17H,1-2H3. The predicted molar refractivity (Wildman–Crippen MR) is 90.5 cm³/mol. The average Bonchev–Trinajstić information content (AvgIpc) is 2.61. The molecule has 0 atom stereocenters. The predicted octanol–water partition coefficient (Wildman–Crippen LogP) is 2.97. The molecule has 0 radical (unpaired) electrons. The van der Waals surface area contributed by atoms with E-state index < -0.39 is 9.85 Å². The van der Waals surface area contributed by atoms with Crippen LogP contribution in [-0.4, -0.2) is 30.3 Å². The van der Waals surface area contributed by atoms with E-state index in [0.29, 0.717) is 17.0 Å². The number of anilines is 1. The molecule has 0 saturated heterocycles. The second-order valence-electron chi connectivity index (χ2n) is 4.70. The number of nitro benzene ring substituents is 2. The molecule has 25 heavy (non-hydrogen) atoms. The molecule has 0 saturated carbocycles. The highest BCUT2D eigenvalue weighted by Crippen LogP contribution is 2.33. The Hall–Kier alpha value is -3.69. The van der Waals surface area contributed by atoms with Crippen LogP contribution in [0, 0.1) is 20.2 Å². The molecule has 2 aromatic carbocycles. The Labute approximate surface area is 142 Å². The van der Waals surface area contributed by atoms with Gasteiger partial charge < -0.3 is 9.47 Å². The van der Waals surface area contributed by atoms with Gasteiger partial charge in [-0.05, 0) is 6.07 Å². The molecule has 0 aliphatic rings. The first-order chi connectivity index (χ1) is 12.0. The molecule has 0 heterocycles. The van der Waals surface area contributed by atoms with Crippen molar-refractivity contribution in [3.63, 3.8) is 0 Å². The Morgan fingerprint density at radius 3 is 2.36 bits per heavy atom. The monoisotopic (exact) mass is 346 g/mol. The fourth-order valence-electron chi connectivity index (χ4n) is 2.02. The lowest BCUT2D eigenvalue weighted by Gasteiger charge is -2.08. The van der Waals surface area contributed by atoms with Crippen LogP contribution >= 0.6 is 0 Å². The van der Waals surface area contributed by atoms with E-state index in [2.05, 4.69) is 10.5 Å². The molecule has 2 aromatic rings. The van der Waals surface area contributed by atoms with Gasteiger partial charge in [-0.1, -0.05) is 6.07 Å². The molecular weight excluding hydrogens is 332 g/mol. The fourth-order valence-corrected chi connectivity index (χ4v) is 2.02. The van der Waals surface area contributed by atoms with Gasteiger partial charge >= 0.3 is 5.69 Å². The molecule has 130 valence electrons. The van der Waals surface area contributed by atoms with E-state index in [1.165, 1.54) is 50.8 Å². The van der Waals surface area contributed by atoms with Crippen LogP contribution in [0.5, 0.6) is 11.5 Å². The van der Waals surface area contributed by atoms with Gasteiger partial charge in [-0.3, -0.25) is 25.7 Å². The fraction of sp³-hybridized carbons (Fsp3) is 0.133. The van der Waals surface area contributed by atoms with Crippen LogP contribution in [0.1, 0.15) is 5.56 Å². The van der Waals surface area contributed by atoms with E-state index in [-0.39, 0.29) is 17.1 Å². The highest BCUT2D eigenvalue weighted by molar-refractivity contribution is 5.86. The molecule has 0 bridgehead atoms. The van der Waals surface area contributed by atoms with Crippen LogP contribution in [0.2, 0.25) is 0 Å². The van der Waals surface area contributed by atoms with Gasteiger partial charge in [-0.25, -0.2) is 0 Å². The lowest BCUT2D eigenvalue weighted by Crippen LogP contribution is -1.99. The normalized spacial score (nSPS) is 10.5. The number of benzene rings is 2. The molecule has 10 nitrogen and oxygen atoms in total. The van der Waals surface area contributed by atoms with E-state index >= 15 is 0 Å². The molecule has 0 aliphatic carbocycles. The van der Waals surface area contributed by atoms with E-state index in [0.717, 1.165) is 0 Å². The van der Waals surface area contributed by atoms with Gasteiger partial charge in [0.15, 0.2) is 0 Å². The molecule has 1 N–H and O–H groups in total. The second kappa shape index (κ2) is 7.73. The summed E-state index contributed by atoms with van der Waals surface area (Å²) in [5.41, 5.74) is 3.04. The number of hydrogen-bond acceptors (Lipinski definition) is 8. The van der Waals surface area contributed by atoms with Crippen molar-refractivity contribution >= 4 is 23.3 Å². The number of non-ortho nitro benzene ring substituents is 1. The van der Waals surface area contributed by atoms with Gasteiger partial charge in [-0.15, -0.1) is 0 Å². The first-order valence-electron chi connectivity index (χ1n) is 6.90. The largest absolute Gasteiger partial charge is 0.496 e. The first kappa shape index (κ1) is 17.7. The zero-order valence-electron chi connectivity index (χ0n) is 13.3. The Kier molecular flexibility index (Phi) is 5.46. The Balaban J connectivity index is 2.28. The average molecular weight is 346 g/mol. The number of hydrogen-bond donors (Lipinski definition) is 1. The van der Waals surface area contributed by atoms with Crippen LogP contribution < -0.4 is 14.9 Å². The number of nitrogens with zero attached hydrogens (tertiary/aromatic N) is 3. The smallest absolute Gasteiger partial charge is 0.311 e. The van der Waals surface area contributed by atoms with Crippen LogP contribution in [0.25, 0.3) is 0 Å². The van der Waals surface area contributed by atoms with Crippen molar-refractivity contribution in [3.05, 3.63) is 62.2 Å². The van der Waals surface area contributed by atoms with Crippen LogP contribution in [0.3, 0.4) is 0 Å². The maximum atomic E-state index is 11.1. The van der Waals surface area contributed by atoms with Gasteiger partial charge in [0.2, 0.25) is 5.75 Å². The summed E-state index contributed by atoms with van der Waals surface area (Å²) >= 11 is 0. The van der Waals surface area contributed by atoms with E-state index in [4.69, 9.17) is 9.47 Å². The quantitative estimate of drug-likeness (QED) is 0.463. The zero-order valence-corrected chi connectivity index (χ0v) is 13.3. The first-order valence-corrected chi connectivity index (χ1v) is 6.90. The number of rotatable bonds is 7. The van der Waals surface area contributed by atoms with Crippen molar-refractivity contribution < 1.29 is 19.3 Å². The van der Waals surface area contributed by atoms with Crippen LogP contribution in [-0.2, 0) is 0 Å². The van der Waals surface area contributed by atoms with Crippen molar-refractivity contribution in [1.29, 1.82) is 0 Å². The number of methoxy groups -OCH3 is 2. The van der Waals surface area contributed by atoms with Crippen LogP contribution in [0.4, 0.5) is 17.1 Å². The summed E-state index contributed by atoms with van der Waals surface area (Å²) in [5.74, 6) is 0.387. The maximum Gasteiger partial charge on any atom is 0.311 e. The van der Waals surface area contributed by atoms with E-state index in [1.54, 1.807) is 6.07 Å². The summed E-state index contributed by atoms with van der Waals surface area (Å²) in [6.07, 6.45) is 1.31. The Morgan fingerprint density at radius 2 is 1.76 bits per heavy atom. The highest BCUT2D eigenvalue weighted by atomic mass is 16.6. The summed E-state index contributed by atoms with van der Waals surface area (Å²) in [5, 5.41) is 25.8. The molecule has 10 heteroatoms. The molecule has 0 aliphatic heterocycles. The van der Waals surface area contributed by atoms with Gasteiger partial charge in [0, 0.05) is 29.8 Å². The van der Waals surface area contributed by atoms with Gasteiger partial charge in [-0.2, -0.15) is 5.10 Å². The van der Waals surface area contributed by atoms with E-state index in [1.807, 2.05) is 0 Å². The third-order valence-corrected chi connectivity index (χ3v) is 3.18. The van der Waals surface area contributed by atoms with E-state index in [9.17, 15) is 20.2 Å². The third-order valence-electron chi connectivity index (χ3n) is 3.18. The Bertz CT molecular complexity index is 837. The summed E-state index contributed by atoms with van der Waals surface area (Å²) < 4.78 is 10.1. The van der Waals surface area contributed by atoms with Crippen molar-refractivity contribution in [3.8, 4) is 11.5 Å². The number of nitro groups is 2. The van der Waals surface area contributed by atoms with Gasteiger partial charge in [0.25, 0.3) is 5.69 Å². The maximum absolute atomic E-state index is 11.1. The van der Waals surface area contributed by atoms with Crippen molar-refractivity contribution in [2.45, 2.75) is 0 Å². The topological polar surface area (TPSA) is 129 Å². The molecule has 0 amide bonds. The number of hydrazone groups is 1. The minimum Gasteiger partial charge on any atom is -0.496 e. The summed E-state index contributed by atoms with van der Waals surface area (Å²) in [6, 6.07) is 8.41. The van der Waals surface area contributed by atoms with Crippen LogP contribution in [0.15, 0.2) is 41.5 Å². The second-order valence-corrected chi connectivity index (χ2v) is 4.70. The molecule has 0 spiro atoms. The zero-order chi connectivity index (χ0) is 18.4. The minimum absolute atomic E-state index is 0.0608. The van der Waals surface area contributed by atoms with Crippen molar-refractivity contribution in [1.82, 2.24) is 0 Å². The van der Waals surface area contributed by atoms with Gasteiger partial charge in [0.05, 0.1) is 36.0 Å². The molecule has 0 aromatic heterocycles. The van der Waals surface area contributed by atoms with Crippen molar-refractivity contribution in [2.24, 2.45) is 5.10 Å². The lowest BCUT2D eigenvalue weighted by molar-refractivity contribution is -0.385. The number of nitrogens with one attached hydrogen (secondary N) is 1.